The fourth-order valence-corrected chi connectivity index (χ4v) is 29.0. The van der Waals surface area contributed by atoms with E-state index >= 15 is 0 Å². The Morgan fingerprint density at radius 2 is 0.676 bits per heavy atom. The minimum absolute atomic E-state index is 0.343. The molecule has 1 rings (SSSR count). The summed E-state index contributed by atoms with van der Waals surface area (Å²) in [6.07, 6.45) is 0. The second kappa shape index (κ2) is 10.4. The van der Waals surface area contributed by atoms with Gasteiger partial charge in [-0.05, 0) is 114 Å². The predicted octanol–water partition coefficient (Wildman–Crippen LogP) is 5.39. The predicted molar refractivity (Wildman–Crippen MR) is 156 cm³/mol. The number of nitriles is 2. The fraction of sp³-hybridized carbons (Fsp3) is 0.636. The van der Waals surface area contributed by atoms with Gasteiger partial charge in [0.05, 0.1) is 11.1 Å². The van der Waals surface area contributed by atoms with Crippen LogP contribution in [0.4, 0.5) is 0 Å². The third-order valence-electron chi connectivity index (χ3n) is 4.38. The van der Waals surface area contributed by atoms with Crippen LogP contribution in [-0.4, -0.2) is 50.4 Å². The molecule has 1 aromatic rings. The molecule has 0 radical (unpaired) electrons. The lowest BCUT2D eigenvalue weighted by molar-refractivity contribution is 0.397. The third-order valence-corrected chi connectivity index (χ3v) is 23.4. The Kier molecular flexibility index (Phi) is 9.57. The minimum Gasteiger partial charge on any atom is -0.433 e. The van der Waals surface area contributed by atoms with Crippen molar-refractivity contribution >= 4 is 60.8 Å². The molecule has 0 aliphatic carbocycles. The van der Waals surface area contributed by atoms with Gasteiger partial charge in [0.1, 0.15) is 12.1 Å². The highest BCUT2D eigenvalue weighted by Crippen LogP contribution is 2.26. The molecule has 0 bridgehead atoms. The molecule has 0 amide bonds. The van der Waals surface area contributed by atoms with E-state index in [0.29, 0.717) is 11.1 Å². The molecule has 190 valence electrons. The van der Waals surface area contributed by atoms with Crippen LogP contribution in [0, 0.1) is 22.7 Å². The first-order chi connectivity index (χ1) is 14.9. The average Bonchev–Trinajstić information content (AvgIpc) is 2.53. The van der Waals surface area contributed by atoms with Gasteiger partial charge in [0, 0.05) is 0 Å². The van der Waals surface area contributed by atoms with Gasteiger partial charge in [-0.3, -0.25) is 0 Å². The zero-order chi connectivity index (χ0) is 27.0. The van der Waals surface area contributed by atoms with Crippen molar-refractivity contribution in [1.82, 2.24) is 0 Å². The van der Waals surface area contributed by atoms with E-state index in [9.17, 15) is 10.5 Å². The van der Waals surface area contributed by atoms with Crippen molar-refractivity contribution in [3.63, 3.8) is 0 Å². The summed E-state index contributed by atoms with van der Waals surface area (Å²) in [6.45, 7) is 30.1. The van der Waals surface area contributed by atoms with Crippen LogP contribution in [0.1, 0.15) is 11.1 Å². The minimum atomic E-state index is -3.02. The van der Waals surface area contributed by atoms with Crippen molar-refractivity contribution in [2.24, 2.45) is 0 Å². The largest absolute Gasteiger partial charge is 0.433 e. The van der Waals surface area contributed by atoms with Gasteiger partial charge in [0.25, 0.3) is 0 Å². The van der Waals surface area contributed by atoms with Gasteiger partial charge >= 0.3 is 17.1 Å². The maximum absolute atomic E-state index is 9.88. The van der Waals surface area contributed by atoms with Gasteiger partial charge in [-0.1, -0.05) is 0 Å². The summed E-state index contributed by atoms with van der Waals surface area (Å²) in [5.74, 6) is 0. The lowest BCUT2D eigenvalue weighted by atomic mass is 10.1. The summed E-state index contributed by atoms with van der Waals surface area (Å²) < 4.78 is 27.6. The number of hydrogen-bond donors (Lipinski definition) is 0. The number of rotatable bonds is 10. The fourth-order valence-electron chi connectivity index (χ4n) is 4.13. The highest BCUT2D eigenvalue weighted by atomic mass is 28.5. The quantitative estimate of drug-likeness (QED) is 0.352. The molecule has 0 heterocycles. The Morgan fingerprint density at radius 3 is 0.824 bits per heavy atom. The van der Waals surface area contributed by atoms with Crippen molar-refractivity contribution in [1.29, 1.82) is 10.5 Å². The Bertz CT molecular complexity index is 865. The van der Waals surface area contributed by atoms with Crippen molar-refractivity contribution in [3.05, 3.63) is 23.3 Å². The van der Waals surface area contributed by atoms with E-state index in [1.165, 1.54) is 0 Å². The van der Waals surface area contributed by atoms with Gasteiger partial charge < -0.3 is 16.5 Å². The topological polar surface area (TPSA) is 84.5 Å². The molecule has 0 atom stereocenters. The van der Waals surface area contributed by atoms with Crippen LogP contribution in [0.25, 0.3) is 0 Å². The summed E-state index contributed by atoms with van der Waals surface area (Å²) in [5, 5.41) is 21.5. The normalized spacial score (nSPS) is 14.0. The standard InChI is InChI=1S/C22H44N2O4Si6/c1-29(2,3)25-33(13,26-30(4,5)6)21-15-19(17-23)20(18-24)16-22(21)34(14,27-31(7,8)9)28-32(10,11)12/h15-16H,1-14H3. The molecule has 0 saturated heterocycles. The van der Waals surface area contributed by atoms with Gasteiger partial charge in [-0.2, -0.15) is 10.5 Å². The van der Waals surface area contributed by atoms with Crippen LogP contribution in [0.15, 0.2) is 12.1 Å². The van der Waals surface area contributed by atoms with Crippen LogP contribution in [-0.2, 0) is 16.5 Å². The highest BCUT2D eigenvalue weighted by Gasteiger charge is 2.50. The van der Waals surface area contributed by atoms with Gasteiger partial charge in [0.15, 0.2) is 33.3 Å². The molecular weight excluding hydrogens is 525 g/mol. The summed E-state index contributed by atoms with van der Waals surface area (Å²) in [4.78, 5) is 0. The summed E-state index contributed by atoms with van der Waals surface area (Å²) >= 11 is 0. The first-order valence-corrected chi connectivity index (χ1v) is 30.0. The SMILES string of the molecule is C[Si](C)(C)O[Si](C)(O[Si](C)(C)C)c1cc(C#N)c(C#N)cc1[Si](C)(O[Si](C)(C)C)O[Si](C)(C)C. The van der Waals surface area contributed by atoms with Crippen LogP contribution in [0.2, 0.25) is 91.7 Å². The Hall–Kier alpha value is -0.659. The number of nitrogens with zero attached hydrogens (tertiary/aromatic N) is 2. The van der Waals surface area contributed by atoms with Crippen molar-refractivity contribution in [3.8, 4) is 12.1 Å². The summed E-state index contributed by atoms with van der Waals surface area (Å²) in [5.41, 5.74) is 0.686. The second-order valence-corrected chi connectivity index (χ2v) is 37.9. The Balaban J connectivity index is 4.16. The van der Waals surface area contributed by atoms with Crippen LogP contribution >= 0.6 is 0 Å². The van der Waals surface area contributed by atoms with E-state index in [1.54, 1.807) is 0 Å². The zero-order valence-electron chi connectivity index (χ0n) is 23.7. The molecule has 0 aliphatic rings. The molecule has 0 spiro atoms. The van der Waals surface area contributed by atoms with E-state index in [4.69, 9.17) is 16.5 Å². The number of benzene rings is 1. The summed E-state index contributed by atoms with van der Waals surface area (Å²) in [7, 11) is -14.2. The van der Waals surface area contributed by atoms with E-state index in [-0.39, 0.29) is 0 Å². The maximum atomic E-state index is 9.88. The monoisotopic (exact) mass is 568 g/mol. The molecule has 0 saturated carbocycles. The smallest absolute Gasteiger partial charge is 0.348 e. The number of hydrogen-bond acceptors (Lipinski definition) is 6. The summed E-state index contributed by atoms with van der Waals surface area (Å²) in [6, 6.07) is 8.12. The van der Waals surface area contributed by atoms with Crippen LogP contribution in [0.5, 0.6) is 0 Å². The van der Waals surface area contributed by atoms with E-state index in [0.717, 1.165) is 10.4 Å². The lowest BCUT2D eigenvalue weighted by Gasteiger charge is -2.44. The van der Waals surface area contributed by atoms with E-state index < -0.39 is 50.4 Å². The molecule has 34 heavy (non-hydrogen) atoms. The van der Waals surface area contributed by atoms with Crippen LogP contribution < -0.4 is 10.4 Å². The van der Waals surface area contributed by atoms with Crippen molar-refractivity contribution in [2.75, 3.05) is 0 Å². The molecule has 0 aliphatic heterocycles. The van der Waals surface area contributed by atoms with Gasteiger partial charge in [0.2, 0.25) is 0 Å². The van der Waals surface area contributed by atoms with Gasteiger partial charge in [-0.25, -0.2) is 0 Å². The van der Waals surface area contributed by atoms with E-state index in [2.05, 4.69) is 104 Å². The maximum Gasteiger partial charge on any atom is 0.348 e. The van der Waals surface area contributed by atoms with E-state index in [1.807, 2.05) is 12.1 Å². The Morgan fingerprint density at radius 1 is 0.471 bits per heavy atom. The molecule has 0 N–H and O–H groups in total. The molecule has 1 aromatic carbocycles. The molecular formula is C22H44N2O4Si6. The molecule has 0 unspecified atom stereocenters. The Labute approximate surface area is 214 Å². The molecule has 0 fully saturated rings. The average molecular weight is 569 g/mol. The second-order valence-electron chi connectivity index (χ2n) is 12.9. The van der Waals surface area contributed by atoms with Crippen LogP contribution in [0.3, 0.4) is 0 Å². The van der Waals surface area contributed by atoms with Crippen molar-refractivity contribution in [2.45, 2.75) is 91.7 Å². The van der Waals surface area contributed by atoms with Crippen molar-refractivity contribution < 1.29 is 16.5 Å². The molecule has 12 heteroatoms. The van der Waals surface area contributed by atoms with Gasteiger partial charge in [-0.15, -0.1) is 0 Å². The molecule has 0 aromatic heterocycles. The third kappa shape index (κ3) is 9.42. The lowest BCUT2D eigenvalue weighted by Crippen LogP contribution is -2.71. The first kappa shape index (κ1) is 31.4. The highest BCUT2D eigenvalue weighted by molar-refractivity contribution is 7.01. The molecule has 6 nitrogen and oxygen atoms in total. The first-order valence-electron chi connectivity index (χ1n) is 11.7. The zero-order valence-corrected chi connectivity index (χ0v) is 29.7.